The molecular weight excluding hydrogens is 376 g/mol. The summed E-state index contributed by atoms with van der Waals surface area (Å²) in [6.07, 6.45) is 6.74. The number of piperidine rings is 1. The second-order valence-electron chi connectivity index (χ2n) is 6.79. The summed E-state index contributed by atoms with van der Waals surface area (Å²) in [6, 6.07) is 11.3. The third-order valence-electron chi connectivity index (χ3n) is 4.99. The van der Waals surface area contributed by atoms with E-state index in [0.717, 1.165) is 30.0 Å². The maximum absolute atomic E-state index is 13.2. The molecule has 1 saturated heterocycles. The van der Waals surface area contributed by atoms with Crippen LogP contribution < -0.4 is 10.6 Å². The number of rotatable bonds is 4. The van der Waals surface area contributed by atoms with Gasteiger partial charge in [0.05, 0.1) is 0 Å². The number of amides is 1. The van der Waals surface area contributed by atoms with E-state index in [4.69, 9.17) is 0 Å². The Balaban J connectivity index is 0.00000225. The number of nitrogens with one attached hydrogen (secondary N) is 2. The quantitative estimate of drug-likeness (QED) is 0.705. The summed E-state index contributed by atoms with van der Waals surface area (Å²) in [5.74, 6) is 0.645. The SMILES string of the molecule is Cc1ccnc(-c2ccc(NC(=O)C3(n4cccn4)CCNCC3)cc2)n1.Cl. The minimum absolute atomic E-state index is 0. The van der Waals surface area contributed by atoms with Crippen LogP contribution in [0.4, 0.5) is 5.69 Å². The van der Waals surface area contributed by atoms with Gasteiger partial charge in [-0.2, -0.15) is 5.10 Å². The molecule has 1 aromatic carbocycles. The molecule has 4 rings (SSSR count). The van der Waals surface area contributed by atoms with Crippen LogP contribution in [-0.4, -0.2) is 38.7 Å². The number of anilines is 1. The van der Waals surface area contributed by atoms with Crippen LogP contribution in [0.5, 0.6) is 0 Å². The molecule has 1 aliphatic heterocycles. The molecule has 28 heavy (non-hydrogen) atoms. The summed E-state index contributed by atoms with van der Waals surface area (Å²) in [4.78, 5) is 21.9. The number of hydrogen-bond acceptors (Lipinski definition) is 5. The number of aryl methyl sites for hydroxylation is 1. The summed E-state index contributed by atoms with van der Waals surface area (Å²) < 4.78 is 1.79. The predicted molar refractivity (Wildman–Crippen MR) is 110 cm³/mol. The summed E-state index contributed by atoms with van der Waals surface area (Å²) in [5, 5.41) is 10.7. The van der Waals surface area contributed by atoms with Gasteiger partial charge in [0.15, 0.2) is 5.82 Å². The fraction of sp³-hybridized carbons (Fsp3) is 0.300. The lowest BCUT2D eigenvalue weighted by Gasteiger charge is -2.36. The van der Waals surface area contributed by atoms with Gasteiger partial charge in [0.2, 0.25) is 0 Å². The summed E-state index contributed by atoms with van der Waals surface area (Å²) in [6.45, 7) is 3.52. The monoisotopic (exact) mass is 398 g/mol. The minimum Gasteiger partial charge on any atom is -0.324 e. The summed E-state index contributed by atoms with van der Waals surface area (Å²) in [7, 11) is 0. The Morgan fingerprint density at radius 3 is 2.54 bits per heavy atom. The number of aromatic nitrogens is 4. The summed E-state index contributed by atoms with van der Waals surface area (Å²) in [5.41, 5.74) is 1.93. The molecule has 3 aromatic rings. The third-order valence-corrected chi connectivity index (χ3v) is 4.99. The largest absolute Gasteiger partial charge is 0.324 e. The van der Waals surface area contributed by atoms with Crippen LogP contribution in [0.1, 0.15) is 18.5 Å². The predicted octanol–water partition coefficient (Wildman–Crippen LogP) is 2.79. The first kappa shape index (κ1) is 20.0. The minimum atomic E-state index is -0.660. The Morgan fingerprint density at radius 1 is 1.14 bits per heavy atom. The van der Waals surface area contributed by atoms with Gasteiger partial charge in [0, 0.05) is 35.5 Å². The van der Waals surface area contributed by atoms with Gasteiger partial charge >= 0.3 is 0 Å². The molecule has 2 N–H and O–H groups in total. The van der Waals surface area contributed by atoms with Crippen molar-refractivity contribution < 1.29 is 4.79 Å². The van der Waals surface area contributed by atoms with Crippen molar-refractivity contribution in [2.45, 2.75) is 25.3 Å². The first-order valence-corrected chi connectivity index (χ1v) is 9.10. The molecule has 0 atom stereocenters. The Bertz CT molecular complexity index is 920. The standard InChI is InChI=1S/C20H22N6O.ClH/c1-15-7-11-22-18(24-15)16-3-5-17(6-4-16)25-19(27)20(8-12-21-13-9-20)26-14-2-10-23-26;/h2-7,10-11,14,21H,8-9,12-13H2,1H3,(H,25,27);1H. The molecule has 8 heteroatoms. The zero-order chi connectivity index (χ0) is 18.7. The molecule has 7 nitrogen and oxygen atoms in total. The molecule has 0 spiro atoms. The number of benzene rings is 1. The van der Waals surface area contributed by atoms with Gasteiger partial charge in [-0.15, -0.1) is 12.4 Å². The Kier molecular flexibility index (Phi) is 6.06. The molecule has 1 aliphatic rings. The molecule has 146 valence electrons. The van der Waals surface area contributed by atoms with Gasteiger partial charge in [0.1, 0.15) is 5.54 Å². The van der Waals surface area contributed by atoms with Crippen molar-refractivity contribution in [1.82, 2.24) is 25.1 Å². The highest BCUT2D eigenvalue weighted by atomic mass is 35.5. The molecule has 2 aromatic heterocycles. The van der Waals surface area contributed by atoms with Crippen LogP contribution in [0.3, 0.4) is 0 Å². The number of carbonyl (C=O) groups is 1. The highest BCUT2D eigenvalue weighted by Gasteiger charge is 2.42. The van der Waals surface area contributed by atoms with Crippen LogP contribution in [0.25, 0.3) is 11.4 Å². The molecule has 0 bridgehead atoms. The second kappa shape index (κ2) is 8.50. The molecule has 1 fully saturated rings. The van der Waals surface area contributed by atoms with Gasteiger partial charge in [-0.3, -0.25) is 9.48 Å². The van der Waals surface area contributed by atoms with Crippen molar-refractivity contribution in [1.29, 1.82) is 0 Å². The highest BCUT2D eigenvalue weighted by molar-refractivity contribution is 5.97. The lowest BCUT2D eigenvalue weighted by atomic mass is 9.87. The molecule has 0 radical (unpaired) electrons. The smallest absolute Gasteiger partial charge is 0.252 e. The van der Waals surface area contributed by atoms with Gasteiger partial charge in [0.25, 0.3) is 5.91 Å². The maximum atomic E-state index is 13.2. The van der Waals surface area contributed by atoms with E-state index in [1.54, 1.807) is 17.1 Å². The van der Waals surface area contributed by atoms with Gasteiger partial charge in [-0.25, -0.2) is 9.97 Å². The molecular formula is C20H23ClN6O. The number of carbonyl (C=O) groups excluding carboxylic acids is 1. The van der Waals surface area contributed by atoms with E-state index in [1.807, 2.05) is 49.5 Å². The normalized spacial score (nSPS) is 15.5. The fourth-order valence-corrected chi connectivity index (χ4v) is 3.46. The molecule has 0 saturated carbocycles. The van der Waals surface area contributed by atoms with Crippen LogP contribution >= 0.6 is 12.4 Å². The van der Waals surface area contributed by atoms with E-state index in [1.165, 1.54) is 0 Å². The number of hydrogen-bond donors (Lipinski definition) is 2. The van der Waals surface area contributed by atoms with E-state index in [9.17, 15) is 4.79 Å². The van der Waals surface area contributed by atoms with E-state index in [2.05, 4.69) is 25.7 Å². The average molecular weight is 399 g/mol. The zero-order valence-corrected chi connectivity index (χ0v) is 16.4. The summed E-state index contributed by atoms with van der Waals surface area (Å²) >= 11 is 0. The molecule has 0 aliphatic carbocycles. The second-order valence-corrected chi connectivity index (χ2v) is 6.79. The Labute approximate surface area is 170 Å². The number of halogens is 1. The van der Waals surface area contributed by atoms with Crippen LogP contribution in [0, 0.1) is 6.92 Å². The van der Waals surface area contributed by atoms with Gasteiger partial charge in [-0.1, -0.05) is 0 Å². The maximum Gasteiger partial charge on any atom is 0.252 e. The van der Waals surface area contributed by atoms with Crippen molar-refractivity contribution in [2.75, 3.05) is 18.4 Å². The van der Waals surface area contributed by atoms with Crippen molar-refractivity contribution >= 4 is 24.0 Å². The molecule has 0 unspecified atom stereocenters. The lowest BCUT2D eigenvalue weighted by Crippen LogP contribution is -2.52. The van der Waals surface area contributed by atoms with Crippen molar-refractivity contribution in [3.8, 4) is 11.4 Å². The van der Waals surface area contributed by atoms with Crippen molar-refractivity contribution in [2.24, 2.45) is 0 Å². The Hall–Kier alpha value is -2.77. The topological polar surface area (TPSA) is 84.7 Å². The van der Waals surface area contributed by atoms with E-state index in [-0.39, 0.29) is 18.3 Å². The first-order valence-electron chi connectivity index (χ1n) is 9.10. The van der Waals surface area contributed by atoms with E-state index < -0.39 is 5.54 Å². The van der Waals surface area contributed by atoms with Crippen LogP contribution in [0.2, 0.25) is 0 Å². The average Bonchev–Trinajstić information content (AvgIpc) is 3.24. The van der Waals surface area contributed by atoms with Crippen molar-refractivity contribution in [3.63, 3.8) is 0 Å². The van der Waals surface area contributed by atoms with E-state index in [0.29, 0.717) is 18.7 Å². The molecule has 3 heterocycles. The first-order chi connectivity index (χ1) is 13.2. The molecule has 1 amide bonds. The van der Waals surface area contributed by atoms with E-state index >= 15 is 0 Å². The zero-order valence-electron chi connectivity index (χ0n) is 15.6. The van der Waals surface area contributed by atoms with Crippen LogP contribution in [0.15, 0.2) is 55.0 Å². The third kappa shape index (κ3) is 3.90. The van der Waals surface area contributed by atoms with Gasteiger partial charge in [-0.05, 0) is 69.3 Å². The number of nitrogens with zero attached hydrogens (tertiary/aromatic N) is 4. The van der Waals surface area contributed by atoms with Gasteiger partial charge < -0.3 is 10.6 Å². The lowest BCUT2D eigenvalue weighted by molar-refractivity contribution is -0.126. The highest BCUT2D eigenvalue weighted by Crippen LogP contribution is 2.29. The fourth-order valence-electron chi connectivity index (χ4n) is 3.46. The van der Waals surface area contributed by atoms with Crippen LogP contribution in [-0.2, 0) is 10.3 Å². The van der Waals surface area contributed by atoms with Crippen molar-refractivity contribution in [3.05, 3.63) is 60.7 Å². The Morgan fingerprint density at radius 2 is 1.89 bits per heavy atom.